The molecule has 1 aliphatic carbocycles. The van der Waals surface area contributed by atoms with E-state index in [0.717, 1.165) is 24.0 Å². The second kappa shape index (κ2) is 7.43. The van der Waals surface area contributed by atoms with Crippen molar-refractivity contribution in [2.24, 2.45) is 0 Å². The summed E-state index contributed by atoms with van der Waals surface area (Å²) in [5.41, 5.74) is 2.52. The summed E-state index contributed by atoms with van der Waals surface area (Å²) >= 11 is 0. The molecule has 3 aromatic rings. The molecule has 0 unspecified atom stereocenters. The van der Waals surface area contributed by atoms with Crippen LogP contribution in [0.25, 0.3) is 11.0 Å². The van der Waals surface area contributed by atoms with Crippen LogP contribution in [-0.4, -0.2) is 24.7 Å². The van der Waals surface area contributed by atoms with Gasteiger partial charge in [0.05, 0.1) is 13.5 Å². The molecule has 0 radical (unpaired) electrons. The molecule has 1 aliphatic rings. The van der Waals surface area contributed by atoms with Gasteiger partial charge in [-0.25, -0.2) is 0 Å². The van der Waals surface area contributed by atoms with E-state index in [2.05, 4.69) is 16.5 Å². The number of carbonyl (C=O) groups excluding carboxylic acids is 1. The van der Waals surface area contributed by atoms with Crippen molar-refractivity contribution in [2.75, 3.05) is 13.7 Å². The van der Waals surface area contributed by atoms with Gasteiger partial charge in [-0.05, 0) is 31.0 Å². The maximum atomic E-state index is 12.6. The van der Waals surface area contributed by atoms with E-state index < -0.39 is 0 Å². The van der Waals surface area contributed by atoms with Gasteiger partial charge >= 0.3 is 0 Å². The minimum atomic E-state index is -0.0614. The van der Waals surface area contributed by atoms with Crippen LogP contribution in [-0.2, 0) is 16.6 Å². The molecule has 27 heavy (non-hydrogen) atoms. The summed E-state index contributed by atoms with van der Waals surface area (Å²) in [6.07, 6.45) is 4.67. The quantitative estimate of drug-likeness (QED) is 0.718. The molecule has 0 aliphatic heterocycles. The number of para-hydroxylation sites is 2. The van der Waals surface area contributed by atoms with Crippen LogP contribution in [0.1, 0.15) is 36.9 Å². The number of aromatic nitrogens is 1. The van der Waals surface area contributed by atoms with Gasteiger partial charge in [0.15, 0.2) is 5.58 Å². The van der Waals surface area contributed by atoms with E-state index in [0.29, 0.717) is 17.8 Å². The molecular formula is C22H24N2O3. The molecule has 1 heterocycles. The van der Waals surface area contributed by atoms with Gasteiger partial charge in [0, 0.05) is 22.9 Å². The third kappa shape index (κ3) is 3.42. The van der Waals surface area contributed by atoms with Crippen molar-refractivity contribution in [3.63, 3.8) is 0 Å². The molecule has 0 saturated heterocycles. The van der Waals surface area contributed by atoms with Crippen LogP contribution in [0.15, 0.2) is 53.1 Å². The molecule has 1 N–H and O–H groups in total. The highest BCUT2D eigenvalue weighted by atomic mass is 16.5. The Kier molecular flexibility index (Phi) is 4.84. The first-order valence-electron chi connectivity index (χ1n) is 9.45. The van der Waals surface area contributed by atoms with Gasteiger partial charge in [0.2, 0.25) is 5.91 Å². The maximum absolute atomic E-state index is 12.6. The molecule has 140 valence electrons. The van der Waals surface area contributed by atoms with Crippen LogP contribution in [0.2, 0.25) is 0 Å². The highest BCUT2D eigenvalue weighted by Crippen LogP contribution is 2.44. The Balaban J connectivity index is 1.49. The van der Waals surface area contributed by atoms with Crippen LogP contribution < -0.4 is 10.1 Å². The topological polar surface area (TPSA) is 64.4 Å². The smallest absolute Gasteiger partial charge is 0.226 e. The lowest BCUT2D eigenvalue weighted by molar-refractivity contribution is -0.120. The number of ether oxygens (including phenoxy) is 1. The fourth-order valence-corrected chi connectivity index (χ4v) is 4.22. The normalized spacial score (nSPS) is 15.7. The molecule has 0 spiro atoms. The summed E-state index contributed by atoms with van der Waals surface area (Å²) in [6, 6.07) is 15.8. The van der Waals surface area contributed by atoms with E-state index >= 15 is 0 Å². The maximum Gasteiger partial charge on any atom is 0.226 e. The number of rotatable bonds is 6. The van der Waals surface area contributed by atoms with Gasteiger partial charge in [0.1, 0.15) is 11.4 Å². The van der Waals surface area contributed by atoms with Crippen LogP contribution in [0, 0.1) is 0 Å². The van der Waals surface area contributed by atoms with E-state index in [-0.39, 0.29) is 17.7 Å². The zero-order valence-corrected chi connectivity index (χ0v) is 15.5. The van der Waals surface area contributed by atoms with Gasteiger partial charge in [-0.1, -0.05) is 48.3 Å². The van der Waals surface area contributed by atoms with Gasteiger partial charge in [0.25, 0.3) is 0 Å². The highest BCUT2D eigenvalue weighted by Gasteiger charge is 2.38. The largest absolute Gasteiger partial charge is 0.496 e. The summed E-state index contributed by atoms with van der Waals surface area (Å²) in [7, 11) is 1.70. The third-order valence-corrected chi connectivity index (χ3v) is 5.64. The van der Waals surface area contributed by atoms with Crippen molar-refractivity contribution in [2.45, 2.75) is 37.5 Å². The van der Waals surface area contributed by atoms with Crippen molar-refractivity contribution in [1.82, 2.24) is 10.5 Å². The van der Waals surface area contributed by atoms with E-state index in [1.54, 1.807) is 7.11 Å². The number of fused-ring (bicyclic) bond motifs is 1. The first-order chi connectivity index (χ1) is 13.2. The Hall–Kier alpha value is -2.82. The lowest BCUT2D eigenvalue weighted by Gasteiger charge is -2.31. The average molecular weight is 364 g/mol. The number of nitrogens with zero attached hydrogens (tertiary/aromatic N) is 1. The molecule has 4 rings (SSSR count). The van der Waals surface area contributed by atoms with Crippen molar-refractivity contribution in [3.05, 3.63) is 59.8 Å². The van der Waals surface area contributed by atoms with Crippen LogP contribution in [0.3, 0.4) is 0 Å². The first-order valence-corrected chi connectivity index (χ1v) is 9.45. The minimum Gasteiger partial charge on any atom is -0.496 e. The number of benzene rings is 2. The van der Waals surface area contributed by atoms with E-state index in [9.17, 15) is 4.79 Å². The molecule has 5 heteroatoms. The SMILES string of the molecule is COc1ccccc1C1(CNC(=O)Cc2noc3ccccc23)CCCC1. The zero-order valence-electron chi connectivity index (χ0n) is 15.5. The van der Waals surface area contributed by atoms with Crippen molar-refractivity contribution in [1.29, 1.82) is 0 Å². The molecule has 1 saturated carbocycles. The monoisotopic (exact) mass is 364 g/mol. The summed E-state index contributed by atoms with van der Waals surface area (Å²) in [5.74, 6) is 0.867. The van der Waals surface area contributed by atoms with E-state index in [4.69, 9.17) is 9.26 Å². The number of hydrogen-bond acceptors (Lipinski definition) is 4. The van der Waals surface area contributed by atoms with E-state index in [1.165, 1.54) is 18.4 Å². The Labute approximate surface area is 158 Å². The van der Waals surface area contributed by atoms with Crippen molar-refractivity contribution >= 4 is 16.9 Å². The molecule has 1 amide bonds. The minimum absolute atomic E-state index is 0.0322. The third-order valence-electron chi connectivity index (χ3n) is 5.64. The summed E-state index contributed by atoms with van der Waals surface area (Å²) in [5, 5.41) is 8.10. The fourth-order valence-electron chi connectivity index (χ4n) is 4.22. The van der Waals surface area contributed by atoms with E-state index in [1.807, 2.05) is 42.5 Å². The predicted molar refractivity (Wildman–Crippen MR) is 104 cm³/mol. The Morgan fingerprint density at radius 1 is 1.15 bits per heavy atom. The molecule has 0 atom stereocenters. The lowest BCUT2D eigenvalue weighted by atomic mass is 9.78. The summed E-state index contributed by atoms with van der Waals surface area (Å²) in [4.78, 5) is 12.6. The summed E-state index contributed by atoms with van der Waals surface area (Å²) < 4.78 is 10.9. The molecule has 0 bridgehead atoms. The number of hydrogen-bond donors (Lipinski definition) is 1. The highest BCUT2D eigenvalue weighted by molar-refractivity contribution is 5.86. The number of nitrogens with one attached hydrogen (secondary N) is 1. The second-order valence-electron chi connectivity index (χ2n) is 7.27. The van der Waals surface area contributed by atoms with Gasteiger partial charge in [-0.15, -0.1) is 0 Å². The first kappa shape index (κ1) is 17.6. The second-order valence-corrected chi connectivity index (χ2v) is 7.27. The molecular weight excluding hydrogens is 340 g/mol. The van der Waals surface area contributed by atoms with Crippen LogP contribution in [0.4, 0.5) is 0 Å². The van der Waals surface area contributed by atoms with Crippen LogP contribution >= 0.6 is 0 Å². The number of methoxy groups -OCH3 is 1. The Morgan fingerprint density at radius 3 is 2.70 bits per heavy atom. The number of carbonyl (C=O) groups is 1. The Bertz CT molecular complexity index is 941. The molecule has 1 fully saturated rings. The standard InChI is InChI=1S/C22H24N2O3/c1-26-20-11-5-3-9-17(20)22(12-6-7-13-22)15-23-21(25)14-18-16-8-2-4-10-19(16)27-24-18/h2-5,8-11H,6-7,12-15H2,1H3,(H,23,25). The average Bonchev–Trinajstić information content (AvgIpc) is 3.35. The molecule has 1 aromatic heterocycles. The zero-order chi connectivity index (χ0) is 18.7. The van der Waals surface area contributed by atoms with Crippen LogP contribution in [0.5, 0.6) is 5.75 Å². The van der Waals surface area contributed by atoms with Crippen molar-refractivity contribution < 1.29 is 14.1 Å². The van der Waals surface area contributed by atoms with Gasteiger partial charge in [-0.3, -0.25) is 4.79 Å². The summed E-state index contributed by atoms with van der Waals surface area (Å²) in [6.45, 7) is 0.613. The van der Waals surface area contributed by atoms with Crippen molar-refractivity contribution in [3.8, 4) is 5.75 Å². The lowest BCUT2D eigenvalue weighted by Crippen LogP contribution is -2.39. The Morgan fingerprint density at radius 2 is 1.89 bits per heavy atom. The van der Waals surface area contributed by atoms with Gasteiger partial charge < -0.3 is 14.6 Å². The fraction of sp³-hybridized carbons (Fsp3) is 0.364. The molecule has 2 aromatic carbocycles. The molecule has 5 nitrogen and oxygen atoms in total. The van der Waals surface area contributed by atoms with Gasteiger partial charge in [-0.2, -0.15) is 0 Å². The number of amides is 1. The predicted octanol–water partition coefficient (Wildman–Crippen LogP) is 4.01.